The van der Waals surface area contributed by atoms with Crippen molar-refractivity contribution in [2.75, 3.05) is 6.61 Å². The molecule has 0 radical (unpaired) electrons. The van der Waals surface area contributed by atoms with Gasteiger partial charge < -0.3 is 5.11 Å². The molecule has 84 valence electrons. The minimum atomic E-state index is 0.272. The smallest absolute Gasteiger partial charge is 0.0521 e. The molecule has 0 atom stereocenters. The van der Waals surface area contributed by atoms with Crippen LogP contribution in [-0.4, -0.2) is 21.5 Å². The molecule has 0 unspecified atom stereocenters. The molecule has 0 spiro atoms. The first-order valence-electron chi connectivity index (χ1n) is 6.04. The fourth-order valence-electron chi connectivity index (χ4n) is 2.33. The minimum Gasteiger partial charge on any atom is -0.396 e. The highest BCUT2D eigenvalue weighted by molar-refractivity contribution is 5.04. The quantitative estimate of drug-likeness (QED) is 0.824. The average molecular weight is 208 g/mol. The lowest BCUT2D eigenvalue weighted by Crippen LogP contribution is -2.12. The van der Waals surface area contributed by atoms with E-state index in [4.69, 9.17) is 5.11 Å². The molecular formula is C12H20N2O. The molecule has 3 heteroatoms. The Morgan fingerprint density at radius 2 is 2.13 bits per heavy atom. The Morgan fingerprint density at radius 1 is 1.33 bits per heavy atom. The van der Waals surface area contributed by atoms with Crippen LogP contribution >= 0.6 is 0 Å². The molecule has 1 N–H and O–H groups in total. The van der Waals surface area contributed by atoms with E-state index in [1.807, 2.05) is 6.20 Å². The standard InChI is InChI=1S/C12H20N2O/c15-8-4-5-11-9-13-14(10-11)12-6-2-1-3-7-12/h9-10,12,15H,1-8H2. The second-order valence-corrected chi connectivity index (χ2v) is 4.45. The molecule has 1 aromatic rings. The molecule has 1 aromatic heterocycles. The zero-order valence-corrected chi connectivity index (χ0v) is 9.23. The highest BCUT2D eigenvalue weighted by Gasteiger charge is 2.15. The van der Waals surface area contributed by atoms with E-state index >= 15 is 0 Å². The first-order chi connectivity index (χ1) is 7.40. The predicted octanol–water partition coefficient (Wildman–Crippen LogP) is 2.31. The SMILES string of the molecule is OCCCc1cnn(C2CCCCC2)c1. The van der Waals surface area contributed by atoms with Gasteiger partial charge in [-0.1, -0.05) is 19.3 Å². The zero-order valence-electron chi connectivity index (χ0n) is 9.23. The number of nitrogens with zero attached hydrogens (tertiary/aromatic N) is 2. The van der Waals surface area contributed by atoms with Crippen LogP contribution in [0.25, 0.3) is 0 Å². The van der Waals surface area contributed by atoms with E-state index in [1.54, 1.807) is 0 Å². The van der Waals surface area contributed by atoms with Gasteiger partial charge in [0.2, 0.25) is 0 Å². The third-order valence-corrected chi connectivity index (χ3v) is 3.23. The summed E-state index contributed by atoms with van der Waals surface area (Å²) in [5, 5.41) is 13.2. The molecule has 0 bridgehead atoms. The summed E-state index contributed by atoms with van der Waals surface area (Å²) in [4.78, 5) is 0. The highest BCUT2D eigenvalue weighted by atomic mass is 16.2. The Morgan fingerprint density at radius 3 is 2.87 bits per heavy atom. The second-order valence-electron chi connectivity index (χ2n) is 4.45. The normalized spacial score (nSPS) is 18.2. The summed E-state index contributed by atoms with van der Waals surface area (Å²) in [7, 11) is 0. The van der Waals surface area contributed by atoms with Crippen LogP contribution in [0.2, 0.25) is 0 Å². The van der Waals surface area contributed by atoms with Gasteiger partial charge in [-0.3, -0.25) is 4.68 Å². The summed E-state index contributed by atoms with van der Waals surface area (Å²) >= 11 is 0. The first kappa shape index (κ1) is 10.7. The van der Waals surface area contributed by atoms with Crippen LogP contribution in [-0.2, 0) is 6.42 Å². The largest absolute Gasteiger partial charge is 0.396 e. The van der Waals surface area contributed by atoms with E-state index in [-0.39, 0.29) is 6.61 Å². The van der Waals surface area contributed by atoms with Gasteiger partial charge >= 0.3 is 0 Å². The zero-order chi connectivity index (χ0) is 10.5. The van der Waals surface area contributed by atoms with Gasteiger partial charge in [0.25, 0.3) is 0 Å². The molecule has 1 aliphatic carbocycles. The van der Waals surface area contributed by atoms with Crippen LogP contribution < -0.4 is 0 Å². The number of aliphatic hydroxyl groups is 1. The Hall–Kier alpha value is -0.830. The van der Waals surface area contributed by atoms with Crippen molar-refractivity contribution in [3.05, 3.63) is 18.0 Å². The van der Waals surface area contributed by atoms with E-state index in [0.29, 0.717) is 6.04 Å². The molecule has 1 aliphatic rings. The summed E-state index contributed by atoms with van der Waals surface area (Å²) in [6.45, 7) is 0.272. The third-order valence-electron chi connectivity index (χ3n) is 3.23. The van der Waals surface area contributed by atoms with Crippen molar-refractivity contribution in [1.29, 1.82) is 0 Å². The first-order valence-corrected chi connectivity index (χ1v) is 6.04. The number of hydrogen-bond acceptors (Lipinski definition) is 2. The van der Waals surface area contributed by atoms with Crippen molar-refractivity contribution >= 4 is 0 Å². The van der Waals surface area contributed by atoms with Crippen LogP contribution in [0.3, 0.4) is 0 Å². The summed E-state index contributed by atoms with van der Waals surface area (Å²) in [5.74, 6) is 0. The maximum absolute atomic E-state index is 8.76. The van der Waals surface area contributed by atoms with Gasteiger partial charge in [-0.15, -0.1) is 0 Å². The van der Waals surface area contributed by atoms with Gasteiger partial charge in [-0.25, -0.2) is 0 Å². The van der Waals surface area contributed by atoms with Crippen LogP contribution in [0.5, 0.6) is 0 Å². The Kier molecular flexibility index (Phi) is 3.78. The van der Waals surface area contributed by atoms with Gasteiger partial charge in [0.1, 0.15) is 0 Å². The number of aliphatic hydroxyl groups excluding tert-OH is 1. The van der Waals surface area contributed by atoms with Crippen LogP contribution in [0, 0.1) is 0 Å². The van der Waals surface area contributed by atoms with E-state index in [0.717, 1.165) is 12.8 Å². The fourth-order valence-corrected chi connectivity index (χ4v) is 2.33. The van der Waals surface area contributed by atoms with Crippen molar-refractivity contribution in [3.8, 4) is 0 Å². The topological polar surface area (TPSA) is 38.1 Å². The lowest BCUT2D eigenvalue weighted by atomic mass is 9.96. The lowest BCUT2D eigenvalue weighted by molar-refractivity contribution is 0.288. The molecule has 3 nitrogen and oxygen atoms in total. The summed E-state index contributed by atoms with van der Waals surface area (Å²) < 4.78 is 2.13. The third kappa shape index (κ3) is 2.81. The van der Waals surface area contributed by atoms with E-state index in [1.165, 1.54) is 37.7 Å². The van der Waals surface area contributed by atoms with Gasteiger partial charge in [0, 0.05) is 12.8 Å². The molecule has 0 amide bonds. The number of aryl methyl sites for hydroxylation is 1. The van der Waals surface area contributed by atoms with Gasteiger partial charge in [0.05, 0.1) is 12.2 Å². The Bertz CT molecular complexity index is 290. The summed E-state index contributed by atoms with van der Waals surface area (Å²) in [6.07, 6.45) is 12.5. The predicted molar refractivity (Wildman–Crippen MR) is 59.8 cm³/mol. The van der Waals surface area contributed by atoms with Crippen LogP contribution in [0.4, 0.5) is 0 Å². The van der Waals surface area contributed by atoms with Gasteiger partial charge in [0.15, 0.2) is 0 Å². The maximum Gasteiger partial charge on any atom is 0.0521 e. The lowest BCUT2D eigenvalue weighted by Gasteiger charge is -2.21. The van der Waals surface area contributed by atoms with Crippen molar-refractivity contribution in [3.63, 3.8) is 0 Å². The summed E-state index contributed by atoms with van der Waals surface area (Å²) in [5.41, 5.74) is 1.26. The molecule has 1 fully saturated rings. The summed E-state index contributed by atoms with van der Waals surface area (Å²) in [6, 6.07) is 0.627. The van der Waals surface area contributed by atoms with Gasteiger partial charge in [-0.2, -0.15) is 5.10 Å². The maximum atomic E-state index is 8.76. The number of hydrogen-bond donors (Lipinski definition) is 1. The molecular weight excluding hydrogens is 188 g/mol. The number of aromatic nitrogens is 2. The molecule has 1 saturated carbocycles. The molecule has 1 heterocycles. The van der Waals surface area contributed by atoms with Gasteiger partial charge in [-0.05, 0) is 31.2 Å². The van der Waals surface area contributed by atoms with Crippen molar-refractivity contribution < 1.29 is 5.11 Å². The van der Waals surface area contributed by atoms with Crippen molar-refractivity contribution in [2.24, 2.45) is 0 Å². The van der Waals surface area contributed by atoms with E-state index < -0.39 is 0 Å². The number of rotatable bonds is 4. The fraction of sp³-hybridized carbons (Fsp3) is 0.750. The van der Waals surface area contributed by atoms with Crippen LogP contribution in [0.15, 0.2) is 12.4 Å². The van der Waals surface area contributed by atoms with Crippen LogP contribution in [0.1, 0.15) is 50.1 Å². The molecule has 0 aliphatic heterocycles. The minimum absolute atomic E-state index is 0.272. The molecule has 0 saturated heterocycles. The second kappa shape index (κ2) is 5.31. The van der Waals surface area contributed by atoms with Crippen molar-refractivity contribution in [2.45, 2.75) is 51.0 Å². The van der Waals surface area contributed by atoms with E-state index in [2.05, 4.69) is 16.0 Å². The Balaban J connectivity index is 1.93. The monoisotopic (exact) mass is 208 g/mol. The van der Waals surface area contributed by atoms with Crippen molar-refractivity contribution in [1.82, 2.24) is 9.78 Å². The molecule has 0 aromatic carbocycles. The highest BCUT2D eigenvalue weighted by Crippen LogP contribution is 2.27. The molecule has 15 heavy (non-hydrogen) atoms. The molecule has 2 rings (SSSR count). The van der Waals surface area contributed by atoms with E-state index in [9.17, 15) is 0 Å². The average Bonchev–Trinajstić information content (AvgIpc) is 2.76. The Labute approximate surface area is 91.1 Å².